The Labute approximate surface area is 145 Å². The highest BCUT2D eigenvalue weighted by atomic mass is 35.5. The van der Waals surface area contributed by atoms with Gasteiger partial charge in [0.15, 0.2) is 11.5 Å². The average molecular weight is 363 g/mol. The lowest BCUT2D eigenvalue weighted by atomic mass is 10.1. The van der Waals surface area contributed by atoms with Crippen molar-refractivity contribution in [2.24, 2.45) is 0 Å². The van der Waals surface area contributed by atoms with Gasteiger partial charge in [0.2, 0.25) is 0 Å². The molecule has 7 heteroatoms. The number of hydrogen-bond acceptors (Lipinski definition) is 2. The summed E-state index contributed by atoms with van der Waals surface area (Å²) in [4.78, 5) is 0. The zero-order valence-electron chi connectivity index (χ0n) is 12.6. The molecule has 0 bridgehead atoms. The van der Waals surface area contributed by atoms with E-state index >= 15 is 0 Å². The van der Waals surface area contributed by atoms with Crippen LogP contribution < -0.4 is 0 Å². The van der Waals surface area contributed by atoms with Crippen LogP contribution in [-0.2, 0) is 6.18 Å². The molecule has 0 N–H and O–H groups in total. The van der Waals surface area contributed by atoms with Gasteiger partial charge in [-0.1, -0.05) is 23.7 Å². The molecule has 0 saturated heterocycles. The van der Waals surface area contributed by atoms with Gasteiger partial charge in [0.05, 0.1) is 12.0 Å². The Morgan fingerprint density at radius 2 is 1.72 bits per heavy atom. The topological polar surface area (TPSA) is 31.0 Å². The highest BCUT2D eigenvalue weighted by molar-refractivity contribution is 6.31. The third-order valence-corrected chi connectivity index (χ3v) is 4.04. The Balaban J connectivity index is 1.92. The molecule has 0 atom stereocenters. The monoisotopic (exact) mass is 362 g/mol. The highest BCUT2D eigenvalue weighted by Crippen LogP contribution is 2.34. The van der Waals surface area contributed by atoms with Gasteiger partial charge in [-0.2, -0.15) is 18.3 Å². The summed E-state index contributed by atoms with van der Waals surface area (Å²) in [7, 11) is 0. The maximum Gasteiger partial charge on any atom is 0.435 e. The number of alkyl halides is 3. The number of hydrogen-bond donors (Lipinski definition) is 0. The second kappa shape index (κ2) is 5.67. The van der Waals surface area contributed by atoms with Crippen LogP contribution in [0.1, 0.15) is 5.69 Å². The van der Waals surface area contributed by atoms with Crippen LogP contribution in [0.25, 0.3) is 27.9 Å². The predicted molar refractivity (Wildman–Crippen MR) is 88.8 cm³/mol. The van der Waals surface area contributed by atoms with E-state index in [4.69, 9.17) is 16.0 Å². The molecule has 0 aliphatic heterocycles. The Hall–Kier alpha value is -2.73. The van der Waals surface area contributed by atoms with Crippen LogP contribution in [0.5, 0.6) is 0 Å². The first-order valence-electron chi connectivity index (χ1n) is 7.33. The fourth-order valence-corrected chi connectivity index (χ4v) is 2.83. The average Bonchev–Trinajstić information content (AvgIpc) is 3.23. The summed E-state index contributed by atoms with van der Waals surface area (Å²) in [6.07, 6.45) is -3.14. The molecule has 0 aliphatic carbocycles. The van der Waals surface area contributed by atoms with Gasteiger partial charge in [0.25, 0.3) is 0 Å². The van der Waals surface area contributed by atoms with Crippen molar-refractivity contribution in [3.63, 3.8) is 0 Å². The van der Waals surface area contributed by atoms with Gasteiger partial charge in [-0.15, -0.1) is 0 Å². The van der Waals surface area contributed by atoms with Crippen molar-refractivity contribution in [1.29, 1.82) is 0 Å². The van der Waals surface area contributed by atoms with Gasteiger partial charge in [0.1, 0.15) is 5.69 Å². The van der Waals surface area contributed by atoms with Crippen LogP contribution in [0.3, 0.4) is 0 Å². The lowest BCUT2D eigenvalue weighted by molar-refractivity contribution is -0.141. The number of aromatic nitrogens is 2. The molecule has 2 aromatic heterocycles. The van der Waals surface area contributed by atoms with E-state index in [0.717, 1.165) is 16.8 Å². The first-order chi connectivity index (χ1) is 11.9. The van der Waals surface area contributed by atoms with Gasteiger partial charge in [0, 0.05) is 11.1 Å². The van der Waals surface area contributed by atoms with Crippen molar-refractivity contribution in [3.05, 3.63) is 71.6 Å². The number of rotatable bonds is 2. The molecule has 0 saturated carbocycles. The number of fused-ring (bicyclic) bond motifs is 1. The quantitative estimate of drug-likeness (QED) is 0.440. The lowest BCUT2D eigenvalue weighted by Crippen LogP contribution is -2.07. The van der Waals surface area contributed by atoms with Crippen LogP contribution in [-0.4, -0.2) is 9.78 Å². The molecule has 0 spiro atoms. The van der Waals surface area contributed by atoms with Gasteiger partial charge >= 0.3 is 6.18 Å². The van der Waals surface area contributed by atoms with E-state index in [9.17, 15) is 13.2 Å². The van der Waals surface area contributed by atoms with Crippen LogP contribution in [0.4, 0.5) is 13.2 Å². The molecule has 2 heterocycles. The van der Waals surface area contributed by atoms with E-state index in [1.807, 2.05) is 6.07 Å². The zero-order valence-corrected chi connectivity index (χ0v) is 13.3. The van der Waals surface area contributed by atoms with E-state index in [1.165, 1.54) is 10.9 Å². The zero-order chi connectivity index (χ0) is 17.6. The van der Waals surface area contributed by atoms with Gasteiger partial charge in [-0.3, -0.25) is 0 Å². The van der Waals surface area contributed by atoms with Gasteiger partial charge < -0.3 is 4.42 Å². The van der Waals surface area contributed by atoms with Crippen LogP contribution in [0.2, 0.25) is 5.02 Å². The van der Waals surface area contributed by atoms with Crippen LogP contribution in [0.15, 0.2) is 65.3 Å². The smallest absolute Gasteiger partial charge is 0.435 e. The minimum absolute atomic E-state index is 0.227. The summed E-state index contributed by atoms with van der Waals surface area (Å²) in [5, 5.41) is 6.06. The molecule has 126 valence electrons. The third kappa shape index (κ3) is 2.89. The van der Waals surface area contributed by atoms with Crippen molar-refractivity contribution < 1.29 is 17.6 Å². The molecule has 0 radical (unpaired) electrons. The van der Waals surface area contributed by atoms with Crippen molar-refractivity contribution in [1.82, 2.24) is 9.78 Å². The second-order valence-electron chi connectivity index (χ2n) is 5.48. The summed E-state index contributed by atoms with van der Waals surface area (Å²) in [6.45, 7) is 0. The highest BCUT2D eigenvalue weighted by Gasteiger charge is 2.35. The molecule has 2 aromatic carbocycles. The number of furan rings is 1. The first-order valence-corrected chi connectivity index (χ1v) is 7.70. The molecular formula is C18H10ClF3N2O. The van der Waals surface area contributed by atoms with E-state index in [1.54, 1.807) is 42.5 Å². The summed E-state index contributed by atoms with van der Waals surface area (Å²) in [5.41, 5.74) is -0.252. The SMILES string of the molecule is FC(F)(F)c1cc(-c2ccco2)n(-c2ccc3cc(Cl)ccc3c2)n1. The minimum atomic E-state index is -4.54. The van der Waals surface area contributed by atoms with Crippen LogP contribution in [0, 0.1) is 0 Å². The molecule has 25 heavy (non-hydrogen) atoms. The molecule has 0 unspecified atom stereocenters. The number of halogens is 4. The molecule has 4 rings (SSSR count). The maximum atomic E-state index is 13.1. The Bertz CT molecular complexity index is 1050. The fraction of sp³-hybridized carbons (Fsp3) is 0.0556. The molecule has 4 aromatic rings. The normalized spacial score (nSPS) is 12.0. The second-order valence-corrected chi connectivity index (χ2v) is 5.91. The van der Waals surface area contributed by atoms with Gasteiger partial charge in [-0.05, 0) is 47.2 Å². The standard InChI is InChI=1S/C18H10ClF3N2O/c19-13-5-3-12-9-14(6-4-11(12)8-13)24-15(16-2-1-7-25-16)10-17(23-24)18(20,21)22/h1-10H. The molecule has 0 amide bonds. The third-order valence-electron chi connectivity index (χ3n) is 3.80. The van der Waals surface area contributed by atoms with Gasteiger partial charge in [-0.25, -0.2) is 4.68 Å². The van der Waals surface area contributed by atoms with E-state index < -0.39 is 11.9 Å². The lowest BCUT2D eigenvalue weighted by Gasteiger charge is -2.08. The summed E-state index contributed by atoms with van der Waals surface area (Å²) >= 11 is 5.97. The van der Waals surface area contributed by atoms with Crippen molar-refractivity contribution >= 4 is 22.4 Å². The summed E-state index contributed by atoms with van der Waals surface area (Å²) < 4.78 is 45.8. The van der Waals surface area contributed by atoms with E-state index in [2.05, 4.69) is 5.10 Å². The number of benzene rings is 2. The van der Waals surface area contributed by atoms with E-state index in [0.29, 0.717) is 16.5 Å². The fourth-order valence-electron chi connectivity index (χ4n) is 2.65. The summed E-state index contributed by atoms with van der Waals surface area (Å²) in [6, 6.07) is 14.7. The molecule has 3 nitrogen and oxygen atoms in total. The number of nitrogens with zero attached hydrogens (tertiary/aromatic N) is 2. The van der Waals surface area contributed by atoms with Crippen molar-refractivity contribution in [3.8, 4) is 17.1 Å². The minimum Gasteiger partial charge on any atom is -0.463 e. The Morgan fingerprint density at radius 3 is 2.44 bits per heavy atom. The first kappa shape index (κ1) is 15.8. The molecule has 0 fully saturated rings. The summed E-state index contributed by atoms with van der Waals surface area (Å²) in [5.74, 6) is 0.305. The Kier molecular flexibility index (Phi) is 3.58. The van der Waals surface area contributed by atoms with Crippen molar-refractivity contribution in [2.45, 2.75) is 6.18 Å². The molecular weight excluding hydrogens is 353 g/mol. The van der Waals surface area contributed by atoms with Crippen LogP contribution >= 0.6 is 11.6 Å². The Morgan fingerprint density at radius 1 is 0.960 bits per heavy atom. The van der Waals surface area contributed by atoms with Crippen molar-refractivity contribution in [2.75, 3.05) is 0 Å². The predicted octanol–water partition coefficient (Wildman–Crippen LogP) is 5.96. The maximum absolute atomic E-state index is 13.1. The largest absolute Gasteiger partial charge is 0.463 e. The molecule has 0 aliphatic rings. The van der Waals surface area contributed by atoms with E-state index in [-0.39, 0.29) is 5.69 Å².